The number of unbranched alkanes of at least 4 members (excludes halogenated alkanes) is 4. The highest BCUT2D eigenvalue weighted by atomic mass is 16.5. The fraction of sp³-hybridized carbons (Fsp3) is 0.600. The molecule has 0 aromatic heterocycles. The Labute approximate surface area is 151 Å². The Bertz CT molecular complexity index is 514. The number of ether oxygens (including phenoxy) is 1. The minimum absolute atomic E-state index is 0.126. The molecule has 1 rings (SSSR count). The molecule has 1 atom stereocenters. The molecule has 0 aliphatic heterocycles. The number of amides is 2. The summed E-state index contributed by atoms with van der Waals surface area (Å²) in [5.74, 6) is 0.618. The van der Waals surface area contributed by atoms with E-state index in [4.69, 9.17) is 4.74 Å². The van der Waals surface area contributed by atoms with E-state index in [1.54, 1.807) is 0 Å². The molecule has 0 spiro atoms. The molecule has 1 aromatic rings. The average molecular weight is 348 g/mol. The fourth-order valence-corrected chi connectivity index (χ4v) is 2.40. The highest BCUT2D eigenvalue weighted by Gasteiger charge is 2.07. The molecule has 0 radical (unpaired) electrons. The lowest BCUT2D eigenvalue weighted by atomic mass is 9.99. The zero-order valence-corrected chi connectivity index (χ0v) is 15.8. The molecular weight excluding hydrogens is 316 g/mol. The van der Waals surface area contributed by atoms with Crippen LogP contribution in [-0.2, 0) is 9.59 Å². The number of hydrazine groups is 1. The van der Waals surface area contributed by atoms with Crippen LogP contribution in [0.1, 0.15) is 77.2 Å². The van der Waals surface area contributed by atoms with Gasteiger partial charge in [0.2, 0.25) is 5.91 Å². The van der Waals surface area contributed by atoms with Gasteiger partial charge in [0.25, 0.3) is 5.91 Å². The number of hydrogen-bond donors (Lipinski definition) is 2. The fourth-order valence-electron chi connectivity index (χ4n) is 2.40. The summed E-state index contributed by atoms with van der Waals surface area (Å²) in [6, 6.07) is 7.76. The van der Waals surface area contributed by atoms with Crippen LogP contribution in [-0.4, -0.2) is 18.4 Å². The SMILES string of the molecule is CCCCCCCC(=O)NNC(=O)COc1ccc(C(C)CC)cc1. The van der Waals surface area contributed by atoms with Gasteiger partial charge in [-0.15, -0.1) is 0 Å². The van der Waals surface area contributed by atoms with Crippen LogP contribution in [0.5, 0.6) is 5.75 Å². The molecule has 2 N–H and O–H groups in total. The zero-order chi connectivity index (χ0) is 18.5. The standard InChI is InChI=1S/C20H32N2O3/c1-4-6-7-8-9-10-19(23)21-22-20(24)15-25-18-13-11-17(12-14-18)16(3)5-2/h11-14,16H,4-10,15H2,1-3H3,(H,21,23)(H,22,24). The number of hydrogen-bond acceptors (Lipinski definition) is 3. The summed E-state index contributed by atoms with van der Waals surface area (Å²) < 4.78 is 5.43. The summed E-state index contributed by atoms with van der Waals surface area (Å²) in [6.45, 7) is 6.36. The van der Waals surface area contributed by atoms with Crippen LogP contribution in [0.4, 0.5) is 0 Å². The highest BCUT2D eigenvalue weighted by Crippen LogP contribution is 2.21. The van der Waals surface area contributed by atoms with Crippen molar-refractivity contribution in [2.75, 3.05) is 6.61 Å². The maximum atomic E-state index is 11.7. The lowest BCUT2D eigenvalue weighted by Crippen LogP contribution is -2.43. The van der Waals surface area contributed by atoms with Crippen LogP contribution >= 0.6 is 0 Å². The lowest BCUT2D eigenvalue weighted by molar-refractivity contribution is -0.130. The summed E-state index contributed by atoms with van der Waals surface area (Å²) in [5, 5.41) is 0. The Morgan fingerprint density at radius 3 is 2.24 bits per heavy atom. The van der Waals surface area contributed by atoms with Gasteiger partial charge in [0.1, 0.15) is 5.75 Å². The normalized spacial score (nSPS) is 11.6. The third-order valence-electron chi connectivity index (χ3n) is 4.28. The third-order valence-corrected chi connectivity index (χ3v) is 4.28. The van der Waals surface area contributed by atoms with E-state index >= 15 is 0 Å². The van der Waals surface area contributed by atoms with Gasteiger partial charge in [0, 0.05) is 6.42 Å². The molecule has 2 amide bonds. The Morgan fingerprint density at radius 1 is 0.960 bits per heavy atom. The van der Waals surface area contributed by atoms with Gasteiger partial charge in [-0.25, -0.2) is 0 Å². The Hall–Kier alpha value is -2.04. The van der Waals surface area contributed by atoms with Gasteiger partial charge >= 0.3 is 0 Å². The highest BCUT2D eigenvalue weighted by molar-refractivity contribution is 5.82. The topological polar surface area (TPSA) is 67.4 Å². The van der Waals surface area contributed by atoms with Crippen LogP contribution in [0.3, 0.4) is 0 Å². The molecule has 0 saturated heterocycles. The summed E-state index contributed by atoms with van der Waals surface area (Å²) in [7, 11) is 0. The van der Waals surface area contributed by atoms with Gasteiger partial charge in [0.15, 0.2) is 6.61 Å². The van der Waals surface area contributed by atoms with E-state index < -0.39 is 0 Å². The molecule has 25 heavy (non-hydrogen) atoms. The molecule has 1 unspecified atom stereocenters. The number of nitrogens with one attached hydrogen (secondary N) is 2. The average Bonchev–Trinajstić information content (AvgIpc) is 2.64. The van der Waals surface area contributed by atoms with Crippen LogP contribution in [0.25, 0.3) is 0 Å². The second kappa shape index (κ2) is 12.3. The smallest absolute Gasteiger partial charge is 0.276 e. The van der Waals surface area contributed by atoms with Crippen LogP contribution in [0, 0.1) is 0 Å². The van der Waals surface area contributed by atoms with E-state index in [2.05, 4.69) is 31.6 Å². The van der Waals surface area contributed by atoms with Crippen molar-refractivity contribution in [2.45, 2.75) is 71.6 Å². The van der Waals surface area contributed by atoms with Crippen LogP contribution < -0.4 is 15.6 Å². The molecule has 0 bridgehead atoms. The van der Waals surface area contributed by atoms with Crippen molar-refractivity contribution >= 4 is 11.8 Å². The molecule has 5 heteroatoms. The van der Waals surface area contributed by atoms with Gasteiger partial charge in [-0.3, -0.25) is 20.4 Å². The van der Waals surface area contributed by atoms with E-state index in [9.17, 15) is 9.59 Å². The van der Waals surface area contributed by atoms with E-state index in [1.807, 2.05) is 24.3 Å². The van der Waals surface area contributed by atoms with Crippen molar-refractivity contribution in [2.24, 2.45) is 0 Å². The summed E-state index contributed by atoms with van der Waals surface area (Å²) >= 11 is 0. The second-order valence-electron chi connectivity index (χ2n) is 6.43. The number of benzene rings is 1. The monoisotopic (exact) mass is 348 g/mol. The predicted octanol–water partition coefficient (Wildman–Crippen LogP) is 4.09. The maximum Gasteiger partial charge on any atom is 0.276 e. The van der Waals surface area contributed by atoms with Crippen molar-refractivity contribution in [3.05, 3.63) is 29.8 Å². The van der Waals surface area contributed by atoms with Crippen molar-refractivity contribution in [3.8, 4) is 5.75 Å². The molecule has 0 heterocycles. The first-order valence-electron chi connectivity index (χ1n) is 9.37. The molecular formula is C20H32N2O3. The minimum Gasteiger partial charge on any atom is -0.484 e. The van der Waals surface area contributed by atoms with E-state index in [-0.39, 0.29) is 18.4 Å². The first-order valence-corrected chi connectivity index (χ1v) is 9.37. The van der Waals surface area contributed by atoms with Crippen molar-refractivity contribution in [1.82, 2.24) is 10.9 Å². The molecule has 5 nitrogen and oxygen atoms in total. The van der Waals surface area contributed by atoms with Crippen LogP contribution in [0.2, 0.25) is 0 Å². The van der Waals surface area contributed by atoms with Crippen molar-refractivity contribution < 1.29 is 14.3 Å². The van der Waals surface area contributed by atoms with Gasteiger partial charge < -0.3 is 4.74 Å². The molecule has 140 valence electrons. The van der Waals surface area contributed by atoms with Gasteiger partial charge in [-0.05, 0) is 36.5 Å². The third kappa shape index (κ3) is 9.13. The van der Waals surface area contributed by atoms with Crippen molar-refractivity contribution in [1.29, 1.82) is 0 Å². The Kier molecular flexibility index (Phi) is 10.4. The first-order chi connectivity index (χ1) is 12.1. The summed E-state index contributed by atoms with van der Waals surface area (Å²) in [6.07, 6.45) is 6.95. The quantitative estimate of drug-likeness (QED) is 0.467. The molecule has 0 saturated carbocycles. The number of carbonyl (C=O) groups excluding carboxylic acids is 2. The number of rotatable bonds is 11. The van der Waals surface area contributed by atoms with Crippen LogP contribution in [0.15, 0.2) is 24.3 Å². The summed E-state index contributed by atoms with van der Waals surface area (Å²) in [5.41, 5.74) is 6.06. The summed E-state index contributed by atoms with van der Waals surface area (Å²) in [4.78, 5) is 23.3. The molecule has 1 aromatic carbocycles. The minimum atomic E-state index is -0.370. The van der Waals surface area contributed by atoms with Crippen molar-refractivity contribution in [3.63, 3.8) is 0 Å². The molecule has 0 aliphatic rings. The Morgan fingerprint density at radius 2 is 1.60 bits per heavy atom. The largest absolute Gasteiger partial charge is 0.484 e. The van der Waals surface area contributed by atoms with Gasteiger partial charge in [-0.2, -0.15) is 0 Å². The first kappa shape index (κ1) is 21.0. The Balaban J connectivity index is 2.18. The number of carbonyl (C=O) groups is 2. The van der Waals surface area contributed by atoms with E-state index in [0.29, 0.717) is 18.1 Å². The van der Waals surface area contributed by atoms with E-state index in [1.165, 1.54) is 18.4 Å². The van der Waals surface area contributed by atoms with Gasteiger partial charge in [0.05, 0.1) is 0 Å². The zero-order valence-electron chi connectivity index (χ0n) is 15.8. The maximum absolute atomic E-state index is 11.7. The predicted molar refractivity (Wildman–Crippen MR) is 100 cm³/mol. The lowest BCUT2D eigenvalue weighted by Gasteiger charge is -2.11. The molecule has 0 aliphatic carbocycles. The van der Waals surface area contributed by atoms with E-state index in [0.717, 1.165) is 25.7 Å². The van der Waals surface area contributed by atoms with Gasteiger partial charge in [-0.1, -0.05) is 58.6 Å². The molecule has 0 fully saturated rings. The second-order valence-corrected chi connectivity index (χ2v) is 6.43.